The van der Waals surface area contributed by atoms with E-state index in [1.807, 2.05) is 32.0 Å². The molecule has 2 heterocycles. The molecule has 0 aromatic heterocycles. The van der Waals surface area contributed by atoms with Crippen LogP contribution in [0.3, 0.4) is 0 Å². The predicted molar refractivity (Wildman–Crippen MR) is 118 cm³/mol. The predicted octanol–water partition coefficient (Wildman–Crippen LogP) is 4.57. The van der Waals surface area contributed by atoms with Crippen LogP contribution in [0.2, 0.25) is 0 Å². The van der Waals surface area contributed by atoms with Gasteiger partial charge in [-0.2, -0.15) is 0 Å². The number of nitrogens with zero attached hydrogens (tertiary/aromatic N) is 1. The number of carbonyl (C=O) groups excluding carboxylic acids is 2. The standard InChI is InChI=1S/C25H19FN2O4/c1-14-6-8-19(15(2)10-14)22-23(27-17-5-3-4-16(26)11-17)25(30)28(24(22)29)18-7-9-20-21(12-18)32-13-31-20/h3-12,27H,13H2,1-2H3. The Hall–Kier alpha value is -4.13. The Morgan fingerprint density at radius 1 is 0.906 bits per heavy atom. The summed E-state index contributed by atoms with van der Waals surface area (Å²) in [5.74, 6) is -0.447. The third-order valence-electron chi connectivity index (χ3n) is 5.44. The van der Waals surface area contributed by atoms with Crippen LogP contribution in [0.25, 0.3) is 5.57 Å². The van der Waals surface area contributed by atoms with Gasteiger partial charge in [0.25, 0.3) is 11.8 Å². The first-order valence-electron chi connectivity index (χ1n) is 10.1. The van der Waals surface area contributed by atoms with Crippen molar-refractivity contribution >= 4 is 28.8 Å². The van der Waals surface area contributed by atoms with Gasteiger partial charge in [0.2, 0.25) is 6.79 Å². The van der Waals surface area contributed by atoms with E-state index < -0.39 is 17.6 Å². The number of anilines is 2. The third kappa shape index (κ3) is 3.28. The van der Waals surface area contributed by atoms with E-state index in [9.17, 15) is 14.0 Å². The lowest BCUT2D eigenvalue weighted by Gasteiger charge is -2.16. The molecule has 3 aromatic rings. The van der Waals surface area contributed by atoms with Gasteiger partial charge in [0.1, 0.15) is 11.5 Å². The van der Waals surface area contributed by atoms with Crippen LogP contribution in [0, 0.1) is 19.7 Å². The van der Waals surface area contributed by atoms with Gasteiger partial charge in [-0.25, -0.2) is 9.29 Å². The van der Waals surface area contributed by atoms with Crippen LogP contribution in [0.1, 0.15) is 16.7 Å². The quantitative estimate of drug-likeness (QED) is 0.615. The van der Waals surface area contributed by atoms with Gasteiger partial charge in [0.15, 0.2) is 11.5 Å². The van der Waals surface area contributed by atoms with Gasteiger partial charge in [0.05, 0.1) is 11.3 Å². The number of amides is 2. The molecule has 7 heteroatoms. The van der Waals surface area contributed by atoms with E-state index in [-0.39, 0.29) is 18.1 Å². The van der Waals surface area contributed by atoms with E-state index >= 15 is 0 Å². The van der Waals surface area contributed by atoms with Gasteiger partial charge in [-0.05, 0) is 55.3 Å². The van der Waals surface area contributed by atoms with Crippen LogP contribution in [-0.4, -0.2) is 18.6 Å². The number of ether oxygens (including phenoxy) is 2. The molecule has 2 aliphatic rings. The molecule has 6 nitrogen and oxygen atoms in total. The first-order valence-corrected chi connectivity index (χ1v) is 10.1. The second kappa shape index (κ2) is 7.53. The first kappa shape index (κ1) is 19.8. The summed E-state index contributed by atoms with van der Waals surface area (Å²) in [6, 6.07) is 16.3. The summed E-state index contributed by atoms with van der Waals surface area (Å²) in [6.45, 7) is 3.92. The highest BCUT2D eigenvalue weighted by atomic mass is 19.1. The van der Waals surface area contributed by atoms with Crippen molar-refractivity contribution in [3.63, 3.8) is 0 Å². The van der Waals surface area contributed by atoms with E-state index in [1.54, 1.807) is 24.3 Å². The highest BCUT2D eigenvalue weighted by molar-refractivity contribution is 6.46. The van der Waals surface area contributed by atoms with Crippen molar-refractivity contribution in [3.05, 3.63) is 88.9 Å². The summed E-state index contributed by atoms with van der Waals surface area (Å²) in [7, 11) is 0. The minimum Gasteiger partial charge on any atom is -0.454 e. The van der Waals surface area contributed by atoms with Gasteiger partial charge in [-0.15, -0.1) is 0 Å². The van der Waals surface area contributed by atoms with E-state index in [0.717, 1.165) is 16.0 Å². The molecule has 0 saturated heterocycles. The van der Waals surface area contributed by atoms with Crippen LogP contribution in [0.4, 0.5) is 15.8 Å². The monoisotopic (exact) mass is 430 g/mol. The molecule has 0 saturated carbocycles. The lowest BCUT2D eigenvalue weighted by Crippen LogP contribution is -2.32. The topological polar surface area (TPSA) is 67.9 Å². The summed E-state index contributed by atoms with van der Waals surface area (Å²) in [6.07, 6.45) is 0. The van der Waals surface area contributed by atoms with Crippen molar-refractivity contribution in [2.75, 3.05) is 17.0 Å². The second-order valence-electron chi connectivity index (χ2n) is 7.69. The molecule has 0 bridgehead atoms. The molecular formula is C25H19FN2O4. The summed E-state index contributed by atoms with van der Waals surface area (Å²) >= 11 is 0. The molecular weight excluding hydrogens is 411 g/mol. The Labute approximate surface area is 183 Å². The number of imide groups is 1. The van der Waals surface area contributed by atoms with Crippen LogP contribution in [0.5, 0.6) is 11.5 Å². The third-order valence-corrected chi connectivity index (χ3v) is 5.44. The number of carbonyl (C=O) groups is 2. The van der Waals surface area contributed by atoms with E-state index in [4.69, 9.17) is 9.47 Å². The zero-order chi connectivity index (χ0) is 22.4. The molecule has 2 amide bonds. The molecule has 0 aliphatic carbocycles. The number of nitrogens with one attached hydrogen (secondary N) is 1. The van der Waals surface area contributed by atoms with Gasteiger partial charge in [0, 0.05) is 11.8 Å². The minimum atomic E-state index is -0.534. The fraction of sp³-hybridized carbons (Fsp3) is 0.120. The SMILES string of the molecule is Cc1ccc(C2=C(Nc3cccc(F)c3)C(=O)N(c3ccc4c(c3)OCO4)C2=O)c(C)c1. The Kier molecular flexibility index (Phi) is 4.66. The molecule has 32 heavy (non-hydrogen) atoms. The van der Waals surface area contributed by atoms with Gasteiger partial charge in [-0.1, -0.05) is 29.8 Å². The summed E-state index contributed by atoms with van der Waals surface area (Å²) in [4.78, 5) is 28.2. The van der Waals surface area contributed by atoms with Crippen molar-refractivity contribution in [2.24, 2.45) is 0 Å². The fourth-order valence-corrected chi connectivity index (χ4v) is 3.96. The molecule has 2 aliphatic heterocycles. The van der Waals surface area contributed by atoms with Gasteiger partial charge < -0.3 is 14.8 Å². The van der Waals surface area contributed by atoms with Crippen molar-refractivity contribution in [3.8, 4) is 11.5 Å². The molecule has 0 spiro atoms. The maximum atomic E-state index is 13.8. The van der Waals surface area contributed by atoms with E-state index in [1.165, 1.54) is 18.2 Å². The number of aryl methyl sites for hydroxylation is 2. The molecule has 0 fully saturated rings. The Bertz CT molecular complexity index is 1320. The summed E-state index contributed by atoms with van der Waals surface area (Å²) in [5, 5.41) is 2.98. The highest BCUT2D eigenvalue weighted by Gasteiger charge is 2.41. The lowest BCUT2D eigenvalue weighted by molar-refractivity contribution is -0.120. The Balaban J connectivity index is 1.63. The zero-order valence-corrected chi connectivity index (χ0v) is 17.4. The molecule has 160 valence electrons. The Morgan fingerprint density at radius 2 is 1.72 bits per heavy atom. The number of benzene rings is 3. The van der Waals surface area contributed by atoms with Crippen molar-refractivity contribution in [2.45, 2.75) is 13.8 Å². The number of hydrogen-bond acceptors (Lipinski definition) is 5. The Morgan fingerprint density at radius 3 is 2.50 bits per heavy atom. The van der Waals surface area contributed by atoms with E-state index in [0.29, 0.717) is 28.4 Å². The number of halogens is 1. The zero-order valence-electron chi connectivity index (χ0n) is 17.4. The van der Waals surface area contributed by atoms with Crippen molar-refractivity contribution < 1.29 is 23.5 Å². The van der Waals surface area contributed by atoms with Crippen LogP contribution in [0.15, 0.2) is 66.4 Å². The second-order valence-corrected chi connectivity index (χ2v) is 7.69. The smallest absolute Gasteiger partial charge is 0.282 e. The largest absolute Gasteiger partial charge is 0.454 e. The maximum absolute atomic E-state index is 13.8. The average molecular weight is 430 g/mol. The van der Waals surface area contributed by atoms with Crippen LogP contribution < -0.4 is 19.7 Å². The molecule has 3 aromatic carbocycles. The molecule has 0 atom stereocenters. The normalized spacial score (nSPS) is 15.0. The number of rotatable bonds is 4. The van der Waals surface area contributed by atoms with Gasteiger partial charge in [-0.3, -0.25) is 9.59 Å². The fourth-order valence-electron chi connectivity index (χ4n) is 3.96. The maximum Gasteiger partial charge on any atom is 0.282 e. The number of fused-ring (bicyclic) bond motifs is 1. The molecule has 1 N–H and O–H groups in total. The van der Waals surface area contributed by atoms with E-state index in [2.05, 4.69) is 5.32 Å². The lowest BCUT2D eigenvalue weighted by atomic mass is 9.97. The number of hydrogen-bond donors (Lipinski definition) is 1. The van der Waals surface area contributed by atoms with Crippen LogP contribution in [-0.2, 0) is 9.59 Å². The summed E-state index contributed by atoms with van der Waals surface area (Å²) < 4.78 is 24.5. The minimum absolute atomic E-state index is 0.0825. The molecule has 0 unspecified atom stereocenters. The van der Waals surface area contributed by atoms with Crippen molar-refractivity contribution in [1.82, 2.24) is 0 Å². The van der Waals surface area contributed by atoms with Crippen molar-refractivity contribution in [1.29, 1.82) is 0 Å². The molecule has 5 rings (SSSR count). The first-order chi connectivity index (χ1) is 15.4. The summed E-state index contributed by atoms with van der Waals surface area (Å²) in [5.41, 5.74) is 3.58. The average Bonchev–Trinajstić information content (AvgIpc) is 3.31. The van der Waals surface area contributed by atoms with Gasteiger partial charge >= 0.3 is 0 Å². The molecule has 0 radical (unpaired) electrons. The highest BCUT2D eigenvalue weighted by Crippen LogP contribution is 2.40. The van der Waals surface area contributed by atoms with Crippen LogP contribution >= 0.6 is 0 Å².